The summed E-state index contributed by atoms with van der Waals surface area (Å²) in [6, 6.07) is 6.41. The SMILES string of the molecule is C=Cc1c(C)c2cc3nc(c(C)c4nc(cc5[nH]c(cc1[nH]2)c(C)c5CC)C(C)=C4)[C@@H](CCC(=O)NCCCS[C@@H]1O[C@H](COC(C)=O)[C@@H](OC(C)=O)[C@H](OC(C)=O)[C@H]1OC(C)=O)[C@@H]3C. The van der Waals surface area contributed by atoms with E-state index in [0.717, 1.165) is 73.5 Å². The number of ether oxygens (including phenoxy) is 5. The Morgan fingerprint density at radius 1 is 0.831 bits per heavy atom. The van der Waals surface area contributed by atoms with Crippen LogP contribution in [0.2, 0.25) is 0 Å². The fourth-order valence-electron chi connectivity index (χ4n) is 8.88. The van der Waals surface area contributed by atoms with Gasteiger partial charge in [-0.15, -0.1) is 11.8 Å². The lowest BCUT2D eigenvalue weighted by atomic mass is 9.85. The highest BCUT2D eigenvalue weighted by Crippen LogP contribution is 2.42. The predicted octanol–water partition coefficient (Wildman–Crippen LogP) is 8.00. The number of thioether (sulfide) groups is 1. The average molecular weight is 912 g/mol. The van der Waals surface area contributed by atoms with E-state index in [-0.39, 0.29) is 30.8 Å². The third-order valence-electron chi connectivity index (χ3n) is 12.2. The summed E-state index contributed by atoms with van der Waals surface area (Å²) in [6.07, 6.45) is 1.57. The van der Waals surface area contributed by atoms with E-state index in [9.17, 15) is 24.0 Å². The molecule has 6 rings (SSSR count). The van der Waals surface area contributed by atoms with Gasteiger partial charge in [-0.2, -0.15) is 0 Å². The van der Waals surface area contributed by atoms with Crippen LogP contribution in [0.15, 0.2) is 24.8 Å². The van der Waals surface area contributed by atoms with Crippen molar-refractivity contribution < 1.29 is 47.7 Å². The number of aromatic amines is 2. The lowest BCUT2D eigenvalue weighted by Crippen LogP contribution is -2.61. The van der Waals surface area contributed by atoms with Crippen molar-refractivity contribution in [3.63, 3.8) is 0 Å². The Hall–Kier alpha value is -5.74. The maximum absolute atomic E-state index is 13.5. The van der Waals surface area contributed by atoms with E-state index < -0.39 is 53.7 Å². The number of fused-ring (bicyclic) bond motifs is 8. The normalized spacial score (nSPS) is 21.5. The molecule has 8 bridgehead atoms. The maximum Gasteiger partial charge on any atom is 0.303 e. The number of nitrogens with one attached hydrogen (secondary N) is 3. The van der Waals surface area contributed by atoms with Gasteiger partial charge in [0, 0.05) is 91.5 Å². The van der Waals surface area contributed by atoms with Crippen LogP contribution in [0.1, 0.15) is 130 Å². The number of hydrogen-bond acceptors (Lipinski definition) is 13. The summed E-state index contributed by atoms with van der Waals surface area (Å²) < 4.78 is 28.0. The molecule has 0 aliphatic carbocycles. The second-order valence-electron chi connectivity index (χ2n) is 16.9. The van der Waals surface area contributed by atoms with Crippen LogP contribution < -0.4 is 5.32 Å². The standard InChI is InChI=1S/C49H61N5O10S/c1-12-33-26(5)39-22-42-34(13-2)25(4)38(52-42)21-40-27(6)35(45(54-40)28(7)37-19-24(3)36(51-37)20-41(33)53-39)15-16-44(59)50-17-14-18-65-49-48(63-32(11)58)47(62-31(10)57)46(61-30(9)56)43(64-49)23-60-29(8)55/h13,19-22,27,35,43,46-49,52-53H,2,12,14-18,23H2,1,3-11H3,(H,50,59)/t27-,35-,43+,46+,47-,48+,49-/m0/s1. The van der Waals surface area contributed by atoms with E-state index in [2.05, 4.69) is 87.7 Å². The highest BCUT2D eigenvalue weighted by atomic mass is 32.2. The molecule has 0 spiro atoms. The van der Waals surface area contributed by atoms with Crippen molar-refractivity contribution in [2.45, 2.75) is 137 Å². The number of aryl methyl sites for hydroxylation is 3. The van der Waals surface area contributed by atoms with Crippen molar-refractivity contribution in [3.8, 4) is 0 Å². The minimum absolute atomic E-state index is 0.00530. The van der Waals surface area contributed by atoms with Gasteiger partial charge < -0.3 is 39.0 Å². The number of esters is 4. The molecule has 348 valence electrons. The molecule has 3 aliphatic rings. The molecule has 0 unspecified atom stereocenters. The summed E-state index contributed by atoms with van der Waals surface area (Å²) in [5.41, 5.74) is 13.3. The Bertz CT molecular complexity index is 2560. The minimum Gasteiger partial charge on any atom is -0.463 e. The van der Waals surface area contributed by atoms with Crippen molar-refractivity contribution in [1.82, 2.24) is 25.3 Å². The molecule has 0 radical (unpaired) electrons. The molecule has 3 aromatic rings. The van der Waals surface area contributed by atoms with Gasteiger partial charge in [0.25, 0.3) is 0 Å². The van der Waals surface area contributed by atoms with Crippen LogP contribution in [-0.4, -0.2) is 98.5 Å². The summed E-state index contributed by atoms with van der Waals surface area (Å²) in [7, 11) is 0. The zero-order valence-corrected chi connectivity index (χ0v) is 39.8. The van der Waals surface area contributed by atoms with E-state index >= 15 is 0 Å². The number of H-pyrrole nitrogens is 2. The third-order valence-corrected chi connectivity index (χ3v) is 13.5. The summed E-state index contributed by atoms with van der Waals surface area (Å²) >= 11 is 1.27. The molecule has 65 heavy (non-hydrogen) atoms. The summed E-state index contributed by atoms with van der Waals surface area (Å²) in [5.74, 6) is -2.36. The van der Waals surface area contributed by atoms with Crippen LogP contribution in [0.4, 0.5) is 0 Å². The smallest absolute Gasteiger partial charge is 0.303 e. The molecular weight excluding hydrogens is 851 g/mol. The van der Waals surface area contributed by atoms with Gasteiger partial charge in [-0.05, 0) is 105 Å². The Morgan fingerprint density at radius 3 is 2.15 bits per heavy atom. The molecule has 1 fully saturated rings. The van der Waals surface area contributed by atoms with E-state index in [1.54, 1.807) is 0 Å². The van der Waals surface area contributed by atoms with Gasteiger partial charge >= 0.3 is 23.9 Å². The third kappa shape index (κ3) is 11.2. The van der Waals surface area contributed by atoms with Crippen LogP contribution >= 0.6 is 11.8 Å². The lowest BCUT2D eigenvalue weighted by Gasteiger charge is -2.44. The van der Waals surface area contributed by atoms with Crippen molar-refractivity contribution in [3.05, 3.63) is 75.4 Å². The largest absolute Gasteiger partial charge is 0.463 e. The van der Waals surface area contributed by atoms with Crippen molar-refractivity contribution >= 4 is 81.3 Å². The number of amides is 1. The Kier molecular flexibility index (Phi) is 15.8. The van der Waals surface area contributed by atoms with E-state index in [1.165, 1.54) is 50.6 Å². The first-order valence-electron chi connectivity index (χ1n) is 22.1. The summed E-state index contributed by atoms with van der Waals surface area (Å²) in [6.45, 7) is 21.7. The second kappa shape index (κ2) is 21.0. The Balaban J connectivity index is 1.19. The Labute approximate surface area is 383 Å². The first-order valence-corrected chi connectivity index (χ1v) is 23.2. The monoisotopic (exact) mass is 911 g/mol. The number of rotatable bonds is 15. The molecule has 1 amide bonds. The maximum atomic E-state index is 13.5. The minimum atomic E-state index is -1.24. The highest BCUT2D eigenvalue weighted by molar-refractivity contribution is 7.99. The molecular formula is C49H61N5O10S. The van der Waals surface area contributed by atoms with Crippen molar-refractivity contribution in [2.75, 3.05) is 18.9 Å². The zero-order chi connectivity index (χ0) is 47.3. The molecule has 15 nitrogen and oxygen atoms in total. The molecule has 3 aliphatic heterocycles. The van der Waals surface area contributed by atoms with Crippen LogP contribution in [-0.2, 0) is 54.1 Å². The van der Waals surface area contributed by atoms with Crippen LogP contribution in [0.3, 0.4) is 0 Å². The first-order chi connectivity index (χ1) is 30.9. The van der Waals surface area contributed by atoms with Gasteiger partial charge in [0.1, 0.15) is 18.1 Å². The fraction of sp³-hybridized carbons (Fsp3) is 0.490. The topological polar surface area (TPSA) is 201 Å². The quantitative estimate of drug-likeness (QED) is 0.0753. The molecule has 7 atom stereocenters. The average Bonchev–Trinajstić information content (AvgIpc) is 3.94. The lowest BCUT2D eigenvalue weighted by molar-refractivity contribution is -0.237. The zero-order valence-electron chi connectivity index (χ0n) is 39.0. The van der Waals surface area contributed by atoms with Crippen LogP contribution in [0, 0.1) is 20.8 Å². The van der Waals surface area contributed by atoms with Gasteiger partial charge in [0.2, 0.25) is 5.91 Å². The van der Waals surface area contributed by atoms with E-state index in [4.69, 9.17) is 33.7 Å². The Morgan fingerprint density at radius 2 is 1.49 bits per heavy atom. The summed E-state index contributed by atoms with van der Waals surface area (Å²) in [5, 5.41) is 3.05. The van der Waals surface area contributed by atoms with Gasteiger partial charge in [0.15, 0.2) is 18.3 Å². The van der Waals surface area contributed by atoms with Crippen LogP contribution in [0.5, 0.6) is 0 Å². The molecule has 3 aromatic heterocycles. The van der Waals surface area contributed by atoms with Gasteiger partial charge in [-0.3, -0.25) is 29.0 Å². The molecule has 3 N–H and O–H groups in total. The van der Waals surface area contributed by atoms with Crippen molar-refractivity contribution in [1.29, 1.82) is 0 Å². The van der Waals surface area contributed by atoms with Crippen LogP contribution in [0.25, 0.3) is 39.8 Å². The molecule has 1 saturated heterocycles. The highest BCUT2D eigenvalue weighted by Gasteiger charge is 2.52. The van der Waals surface area contributed by atoms with E-state index in [1.807, 2.05) is 6.08 Å². The number of nitrogens with zero attached hydrogens (tertiary/aromatic N) is 2. The number of hydrogen-bond donors (Lipinski definition) is 3. The van der Waals surface area contributed by atoms with E-state index in [0.29, 0.717) is 25.1 Å². The number of carbonyl (C=O) groups is 5. The predicted molar refractivity (Wildman–Crippen MR) is 251 cm³/mol. The van der Waals surface area contributed by atoms with Crippen molar-refractivity contribution in [2.24, 2.45) is 0 Å². The number of aromatic nitrogens is 4. The molecule has 0 saturated carbocycles. The van der Waals surface area contributed by atoms with Gasteiger partial charge in [-0.25, -0.2) is 4.98 Å². The second-order valence-corrected chi connectivity index (χ2v) is 18.1. The summed E-state index contributed by atoms with van der Waals surface area (Å²) in [4.78, 5) is 79.4. The molecule has 6 heterocycles. The first kappa shape index (κ1) is 48.7. The molecule has 16 heteroatoms. The van der Waals surface area contributed by atoms with Gasteiger partial charge in [0.05, 0.1) is 11.4 Å². The van der Waals surface area contributed by atoms with Gasteiger partial charge in [-0.1, -0.05) is 26.5 Å². The number of carbonyl (C=O) groups excluding carboxylic acids is 5. The fourth-order valence-corrected chi connectivity index (χ4v) is 10.0. The number of allylic oxidation sites excluding steroid dienone is 1. The molecule has 0 aromatic carbocycles.